The number of hydrogen-bond acceptors (Lipinski definition) is 9. The standard InChI is InChI=1S/C32H25ClF3N7O5S/c1-16(44)43(49(3,46)47)31-27-21(33)9-10-24(28(27)41(2)40-31)42-30(23(37)14-17-12-18(34)15-19(35)13-17)39-29-20(32(42)45)8-11-26(38-29)48-25-7-5-4-6-22(25)36/h4-13,15,23H,14,37H2,1-3H3. The van der Waals surface area contributed by atoms with Crippen molar-refractivity contribution in [1.29, 1.82) is 0 Å². The van der Waals surface area contributed by atoms with Crippen molar-refractivity contribution < 1.29 is 31.1 Å². The Morgan fingerprint density at radius 2 is 1.73 bits per heavy atom. The number of nitrogens with two attached hydrogens (primary N) is 1. The van der Waals surface area contributed by atoms with Crippen molar-refractivity contribution in [2.24, 2.45) is 12.8 Å². The van der Waals surface area contributed by atoms with Crippen LogP contribution in [0.1, 0.15) is 24.4 Å². The highest BCUT2D eigenvalue weighted by Crippen LogP contribution is 2.37. The van der Waals surface area contributed by atoms with Gasteiger partial charge in [0.1, 0.15) is 17.5 Å². The van der Waals surface area contributed by atoms with Crippen LogP contribution in [0, 0.1) is 17.5 Å². The highest BCUT2D eigenvalue weighted by molar-refractivity contribution is 7.92. The molecule has 12 nitrogen and oxygen atoms in total. The van der Waals surface area contributed by atoms with Crippen LogP contribution in [0.5, 0.6) is 11.6 Å². The molecule has 1 amide bonds. The number of aromatic nitrogens is 5. The number of para-hydroxylation sites is 1. The number of anilines is 1. The zero-order valence-electron chi connectivity index (χ0n) is 25.9. The van der Waals surface area contributed by atoms with E-state index in [0.29, 0.717) is 10.4 Å². The van der Waals surface area contributed by atoms with Gasteiger partial charge < -0.3 is 10.5 Å². The van der Waals surface area contributed by atoms with E-state index in [4.69, 9.17) is 22.1 Å². The van der Waals surface area contributed by atoms with Crippen LogP contribution in [0.3, 0.4) is 0 Å². The van der Waals surface area contributed by atoms with E-state index in [2.05, 4.69) is 15.1 Å². The summed E-state index contributed by atoms with van der Waals surface area (Å²) >= 11 is 6.57. The number of sulfonamides is 1. The number of ether oxygens (including phenoxy) is 1. The number of carbonyl (C=O) groups is 1. The van der Waals surface area contributed by atoms with Crippen molar-refractivity contribution in [3.8, 4) is 17.3 Å². The molecule has 0 bridgehead atoms. The SMILES string of the molecule is CC(=O)N(c1nn(C)c2c(-n3c(C(N)Cc4cc(F)cc(F)c4)nc4nc(Oc5ccccc5F)ccc4c3=O)ccc(Cl)c12)S(C)(=O)=O. The summed E-state index contributed by atoms with van der Waals surface area (Å²) < 4.78 is 76.3. The lowest BCUT2D eigenvalue weighted by atomic mass is 10.0. The van der Waals surface area contributed by atoms with Gasteiger partial charge >= 0.3 is 0 Å². The van der Waals surface area contributed by atoms with Crippen LogP contribution in [0.15, 0.2) is 71.5 Å². The van der Waals surface area contributed by atoms with E-state index >= 15 is 0 Å². The van der Waals surface area contributed by atoms with Gasteiger partial charge in [-0.2, -0.15) is 14.4 Å². The van der Waals surface area contributed by atoms with Crippen LogP contribution in [-0.4, -0.2) is 44.9 Å². The molecule has 0 radical (unpaired) electrons. The summed E-state index contributed by atoms with van der Waals surface area (Å²) in [6, 6.07) is 12.8. The molecule has 3 aromatic heterocycles. The second kappa shape index (κ2) is 12.6. The number of hydrogen-bond donors (Lipinski definition) is 1. The quantitative estimate of drug-likeness (QED) is 0.227. The molecule has 49 heavy (non-hydrogen) atoms. The van der Waals surface area contributed by atoms with E-state index in [1.807, 2.05) is 0 Å². The van der Waals surface area contributed by atoms with E-state index in [1.165, 1.54) is 54.2 Å². The lowest BCUT2D eigenvalue weighted by Crippen LogP contribution is -2.34. The maximum atomic E-state index is 14.4. The number of aryl methyl sites for hydroxylation is 1. The number of pyridine rings is 1. The minimum absolute atomic E-state index is 0.0104. The number of nitrogens with zero attached hydrogens (tertiary/aromatic N) is 6. The van der Waals surface area contributed by atoms with Gasteiger partial charge in [-0.1, -0.05) is 23.7 Å². The molecule has 0 aliphatic carbocycles. The molecule has 0 fully saturated rings. The molecule has 6 aromatic rings. The van der Waals surface area contributed by atoms with Gasteiger partial charge in [-0.3, -0.25) is 18.8 Å². The molecule has 1 atom stereocenters. The van der Waals surface area contributed by atoms with Gasteiger partial charge in [0.25, 0.3) is 5.56 Å². The maximum Gasteiger partial charge on any atom is 0.267 e. The molecule has 0 aliphatic rings. The average Bonchev–Trinajstić information content (AvgIpc) is 3.34. The van der Waals surface area contributed by atoms with Gasteiger partial charge in [0.05, 0.1) is 39.3 Å². The smallest absolute Gasteiger partial charge is 0.267 e. The van der Waals surface area contributed by atoms with Crippen LogP contribution in [-0.2, 0) is 28.3 Å². The Labute approximate surface area is 281 Å². The van der Waals surface area contributed by atoms with Gasteiger partial charge in [-0.05, 0) is 54.4 Å². The third-order valence-corrected chi connectivity index (χ3v) is 8.85. The summed E-state index contributed by atoms with van der Waals surface area (Å²) in [6.07, 6.45) is 0.631. The van der Waals surface area contributed by atoms with Crippen LogP contribution in [0.25, 0.3) is 27.6 Å². The Morgan fingerprint density at radius 1 is 1.04 bits per heavy atom. The van der Waals surface area contributed by atoms with Gasteiger partial charge in [-0.15, -0.1) is 0 Å². The minimum Gasteiger partial charge on any atom is -0.436 e. The molecule has 2 N–H and O–H groups in total. The maximum absolute atomic E-state index is 14.4. The fourth-order valence-corrected chi connectivity index (χ4v) is 6.66. The minimum atomic E-state index is -4.18. The fraction of sp³-hybridized carbons (Fsp3) is 0.156. The number of halogens is 4. The first-order valence-electron chi connectivity index (χ1n) is 14.4. The lowest BCUT2D eigenvalue weighted by molar-refractivity contribution is -0.115. The normalized spacial score (nSPS) is 12.4. The topological polar surface area (TPSA) is 155 Å². The summed E-state index contributed by atoms with van der Waals surface area (Å²) in [6.45, 7) is 1.04. The van der Waals surface area contributed by atoms with Crippen LogP contribution in [0.2, 0.25) is 5.02 Å². The van der Waals surface area contributed by atoms with Crippen molar-refractivity contribution in [3.05, 3.63) is 111 Å². The molecule has 0 spiro atoms. The van der Waals surface area contributed by atoms with Crippen molar-refractivity contribution in [2.75, 3.05) is 10.6 Å². The van der Waals surface area contributed by atoms with Gasteiger partial charge in [0.15, 0.2) is 23.0 Å². The third-order valence-electron chi connectivity index (χ3n) is 7.44. The molecule has 17 heteroatoms. The first-order chi connectivity index (χ1) is 23.1. The lowest BCUT2D eigenvalue weighted by Gasteiger charge is -2.20. The highest BCUT2D eigenvalue weighted by atomic mass is 35.5. The number of amides is 1. The van der Waals surface area contributed by atoms with Gasteiger partial charge in [0.2, 0.25) is 21.8 Å². The first kappa shape index (κ1) is 33.6. The van der Waals surface area contributed by atoms with Gasteiger partial charge in [-0.25, -0.2) is 26.6 Å². The fourth-order valence-electron chi connectivity index (χ4n) is 5.52. The van der Waals surface area contributed by atoms with E-state index in [-0.39, 0.29) is 67.9 Å². The van der Waals surface area contributed by atoms with E-state index in [1.54, 1.807) is 6.07 Å². The monoisotopic (exact) mass is 711 g/mol. The summed E-state index contributed by atoms with van der Waals surface area (Å²) in [5.41, 5.74) is 6.13. The zero-order chi connectivity index (χ0) is 35.4. The molecule has 252 valence electrons. The molecule has 1 unspecified atom stereocenters. The van der Waals surface area contributed by atoms with Crippen molar-refractivity contribution >= 4 is 55.3 Å². The molecule has 0 saturated carbocycles. The van der Waals surface area contributed by atoms with Crippen LogP contribution < -0.4 is 20.3 Å². The predicted octanol–water partition coefficient (Wildman–Crippen LogP) is 5.09. The summed E-state index contributed by atoms with van der Waals surface area (Å²) in [5.74, 6) is -3.86. The van der Waals surface area contributed by atoms with E-state index in [9.17, 15) is 31.2 Å². The molecule has 3 heterocycles. The van der Waals surface area contributed by atoms with Crippen LogP contribution in [0.4, 0.5) is 19.0 Å². The summed E-state index contributed by atoms with van der Waals surface area (Å²) in [5, 5.41) is 4.29. The number of fused-ring (bicyclic) bond motifs is 2. The Morgan fingerprint density at radius 3 is 2.39 bits per heavy atom. The van der Waals surface area contributed by atoms with Crippen molar-refractivity contribution in [3.63, 3.8) is 0 Å². The van der Waals surface area contributed by atoms with E-state index in [0.717, 1.165) is 29.9 Å². The second-order valence-corrected chi connectivity index (χ2v) is 13.3. The Bertz CT molecular complexity index is 2470. The highest BCUT2D eigenvalue weighted by Gasteiger charge is 2.31. The molecule has 3 aromatic carbocycles. The Balaban J connectivity index is 1.62. The summed E-state index contributed by atoms with van der Waals surface area (Å²) in [4.78, 5) is 35.8. The predicted molar refractivity (Wildman–Crippen MR) is 176 cm³/mol. The summed E-state index contributed by atoms with van der Waals surface area (Å²) in [7, 11) is -2.72. The largest absolute Gasteiger partial charge is 0.436 e. The Hall–Kier alpha value is -5.32. The molecular weight excluding hydrogens is 687 g/mol. The number of carbonyl (C=O) groups excluding carboxylic acids is 1. The number of rotatable bonds is 8. The van der Waals surface area contributed by atoms with Gasteiger partial charge in [0, 0.05) is 26.1 Å². The number of benzene rings is 3. The van der Waals surface area contributed by atoms with E-state index < -0.39 is 45.0 Å². The first-order valence-corrected chi connectivity index (χ1v) is 16.6. The molecular formula is C32H25ClF3N7O5S. The van der Waals surface area contributed by atoms with Crippen LogP contribution >= 0.6 is 11.6 Å². The second-order valence-electron chi connectivity index (χ2n) is 11.0. The van der Waals surface area contributed by atoms with Crippen molar-refractivity contribution in [2.45, 2.75) is 19.4 Å². The van der Waals surface area contributed by atoms with Crippen molar-refractivity contribution in [1.82, 2.24) is 24.3 Å². The zero-order valence-corrected chi connectivity index (χ0v) is 27.4. The molecule has 0 aliphatic heterocycles. The average molecular weight is 712 g/mol. The molecule has 0 saturated heterocycles. The Kier molecular flexibility index (Phi) is 8.64. The molecule has 6 rings (SSSR count). The third kappa shape index (κ3) is 6.32.